The van der Waals surface area contributed by atoms with Crippen LogP contribution in [0.4, 0.5) is 11.4 Å². The Balaban J connectivity index is 1.47. The number of anilines is 2. The first-order chi connectivity index (χ1) is 14.7. The van der Waals surface area contributed by atoms with Gasteiger partial charge in [-0.1, -0.05) is 42.5 Å². The number of amides is 2. The van der Waals surface area contributed by atoms with Gasteiger partial charge in [-0.15, -0.1) is 11.8 Å². The third-order valence-corrected chi connectivity index (χ3v) is 5.78. The first-order valence-corrected chi connectivity index (χ1v) is 11.0. The molecule has 30 heavy (non-hydrogen) atoms. The number of fused-ring (bicyclic) bond motifs is 2. The number of hydrogen-bond acceptors (Lipinski definition) is 4. The molecular formula is C24H22N2O3S. The van der Waals surface area contributed by atoms with E-state index in [1.54, 1.807) is 34.9 Å². The summed E-state index contributed by atoms with van der Waals surface area (Å²) in [7, 11) is 0. The maximum Gasteiger partial charge on any atom is 0.262 e. The number of benzene rings is 3. The highest BCUT2D eigenvalue weighted by molar-refractivity contribution is 7.99. The van der Waals surface area contributed by atoms with E-state index in [4.69, 9.17) is 4.74 Å². The lowest BCUT2D eigenvalue weighted by molar-refractivity contribution is -0.113. The number of nitrogens with zero attached hydrogens (tertiary/aromatic N) is 1. The Kier molecular flexibility index (Phi) is 6.05. The van der Waals surface area contributed by atoms with Crippen LogP contribution in [0.1, 0.15) is 22.8 Å². The minimum Gasteiger partial charge on any atom is -0.454 e. The van der Waals surface area contributed by atoms with Crippen molar-refractivity contribution in [2.24, 2.45) is 0 Å². The fraction of sp³-hybridized carbons (Fsp3) is 0.167. The number of carbonyl (C=O) groups excluding carboxylic acids is 2. The Morgan fingerprint density at radius 2 is 1.77 bits per heavy atom. The number of hydrogen-bond donors (Lipinski definition) is 1. The van der Waals surface area contributed by atoms with E-state index in [-0.39, 0.29) is 11.8 Å². The molecule has 0 unspecified atom stereocenters. The summed E-state index contributed by atoms with van der Waals surface area (Å²) in [6.45, 7) is 2.45. The zero-order valence-corrected chi connectivity index (χ0v) is 17.4. The van der Waals surface area contributed by atoms with Gasteiger partial charge >= 0.3 is 0 Å². The molecule has 1 aliphatic rings. The molecule has 0 bridgehead atoms. The summed E-state index contributed by atoms with van der Waals surface area (Å²) < 4.78 is 6.00. The first-order valence-electron chi connectivity index (χ1n) is 9.80. The summed E-state index contributed by atoms with van der Waals surface area (Å²) in [6, 6.07) is 22.7. The Morgan fingerprint density at radius 1 is 1.00 bits per heavy atom. The third-order valence-electron chi connectivity index (χ3n) is 4.78. The van der Waals surface area contributed by atoms with Crippen molar-refractivity contribution in [3.8, 4) is 11.5 Å². The molecule has 0 aromatic heterocycles. The minimum absolute atomic E-state index is 0.103. The molecule has 152 valence electrons. The molecular weight excluding hydrogens is 396 g/mol. The maximum atomic E-state index is 13.1. The highest BCUT2D eigenvalue weighted by Gasteiger charge is 2.27. The van der Waals surface area contributed by atoms with E-state index >= 15 is 0 Å². The van der Waals surface area contributed by atoms with Crippen molar-refractivity contribution < 1.29 is 14.3 Å². The lowest BCUT2D eigenvalue weighted by atomic mass is 10.1. The van der Waals surface area contributed by atoms with E-state index in [1.807, 2.05) is 61.5 Å². The molecule has 3 aromatic rings. The average Bonchev–Trinajstić information content (AvgIpc) is 2.88. The van der Waals surface area contributed by atoms with E-state index in [9.17, 15) is 9.59 Å². The molecule has 2 amide bonds. The Morgan fingerprint density at radius 3 is 2.57 bits per heavy atom. The van der Waals surface area contributed by atoms with Gasteiger partial charge in [0.15, 0.2) is 5.75 Å². The van der Waals surface area contributed by atoms with Gasteiger partial charge in [0.05, 0.1) is 17.0 Å². The summed E-state index contributed by atoms with van der Waals surface area (Å²) in [5.74, 6) is 1.98. The van der Waals surface area contributed by atoms with Crippen LogP contribution < -0.4 is 15.0 Å². The predicted octanol–water partition coefficient (Wildman–Crippen LogP) is 5.33. The van der Waals surface area contributed by atoms with Crippen molar-refractivity contribution in [3.63, 3.8) is 0 Å². The highest BCUT2D eigenvalue weighted by Crippen LogP contribution is 2.39. The van der Waals surface area contributed by atoms with E-state index in [0.29, 0.717) is 35.0 Å². The smallest absolute Gasteiger partial charge is 0.262 e. The van der Waals surface area contributed by atoms with Crippen molar-refractivity contribution in [3.05, 3.63) is 83.9 Å². The summed E-state index contributed by atoms with van der Waals surface area (Å²) in [4.78, 5) is 27.2. The first kappa shape index (κ1) is 20.0. The molecule has 1 heterocycles. The topological polar surface area (TPSA) is 58.6 Å². The van der Waals surface area contributed by atoms with Gasteiger partial charge in [0.2, 0.25) is 5.91 Å². The summed E-state index contributed by atoms with van der Waals surface area (Å²) in [6.07, 6.45) is 0. The second-order valence-corrected chi connectivity index (χ2v) is 7.84. The second-order valence-electron chi connectivity index (χ2n) is 6.86. The number of para-hydroxylation sites is 2. The maximum absolute atomic E-state index is 13.1. The van der Waals surface area contributed by atoms with Crippen molar-refractivity contribution in [1.82, 2.24) is 0 Å². The number of thioether (sulfide) groups is 1. The van der Waals surface area contributed by atoms with Crippen LogP contribution >= 0.6 is 11.8 Å². The SMILES string of the molecule is CCN1C(=O)c2cc(NC(=O)CSCc3ccccc3)ccc2Oc2ccccc21. The highest BCUT2D eigenvalue weighted by atomic mass is 32.2. The van der Waals surface area contributed by atoms with Gasteiger partial charge in [-0.25, -0.2) is 0 Å². The van der Waals surface area contributed by atoms with Gasteiger partial charge in [-0.3, -0.25) is 9.59 Å². The zero-order valence-electron chi connectivity index (χ0n) is 16.6. The molecule has 6 heteroatoms. The van der Waals surface area contributed by atoms with Crippen LogP contribution in [0.2, 0.25) is 0 Å². The molecule has 0 aliphatic carbocycles. The summed E-state index contributed by atoms with van der Waals surface area (Å²) in [5.41, 5.74) is 2.94. The molecule has 0 saturated carbocycles. The number of carbonyl (C=O) groups is 2. The van der Waals surface area contributed by atoms with Gasteiger partial charge in [0.1, 0.15) is 5.75 Å². The fourth-order valence-electron chi connectivity index (χ4n) is 3.35. The van der Waals surface area contributed by atoms with E-state index in [0.717, 1.165) is 11.4 Å². The predicted molar refractivity (Wildman–Crippen MR) is 122 cm³/mol. The molecule has 0 atom stereocenters. The van der Waals surface area contributed by atoms with Crippen LogP contribution in [0, 0.1) is 0 Å². The van der Waals surface area contributed by atoms with Gasteiger partial charge in [-0.05, 0) is 42.8 Å². The van der Waals surface area contributed by atoms with E-state index in [1.165, 1.54) is 5.56 Å². The molecule has 1 aliphatic heterocycles. The number of rotatable bonds is 6. The largest absolute Gasteiger partial charge is 0.454 e. The minimum atomic E-state index is -0.146. The van der Waals surface area contributed by atoms with Crippen molar-refractivity contribution >= 4 is 35.0 Å². The number of nitrogens with one attached hydrogen (secondary N) is 1. The Bertz CT molecular complexity index is 1070. The molecule has 0 fully saturated rings. The lowest BCUT2D eigenvalue weighted by Gasteiger charge is -2.19. The summed E-state index contributed by atoms with van der Waals surface area (Å²) in [5, 5.41) is 2.89. The molecule has 0 radical (unpaired) electrons. The average molecular weight is 419 g/mol. The second kappa shape index (κ2) is 9.05. The molecule has 4 rings (SSSR count). The zero-order chi connectivity index (χ0) is 20.9. The molecule has 1 N–H and O–H groups in total. The lowest BCUT2D eigenvalue weighted by Crippen LogP contribution is -2.29. The van der Waals surface area contributed by atoms with Crippen molar-refractivity contribution in [1.29, 1.82) is 0 Å². The Labute approximate surface area is 180 Å². The summed E-state index contributed by atoms with van der Waals surface area (Å²) >= 11 is 1.55. The van der Waals surface area contributed by atoms with Gasteiger partial charge in [0.25, 0.3) is 5.91 Å². The molecule has 0 spiro atoms. The van der Waals surface area contributed by atoms with Gasteiger partial charge < -0.3 is 15.0 Å². The van der Waals surface area contributed by atoms with Gasteiger partial charge in [0, 0.05) is 18.0 Å². The van der Waals surface area contributed by atoms with Crippen LogP contribution in [-0.4, -0.2) is 24.1 Å². The van der Waals surface area contributed by atoms with Crippen molar-refractivity contribution in [2.75, 3.05) is 22.5 Å². The normalized spacial score (nSPS) is 12.4. The molecule has 0 saturated heterocycles. The third kappa shape index (κ3) is 4.33. The van der Waals surface area contributed by atoms with Crippen LogP contribution in [0.15, 0.2) is 72.8 Å². The molecule has 3 aromatic carbocycles. The number of ether oxygens (including phenoxy) is 1. The van der Waals surface area contributed by atoms with E-state index in [2.05, 4.69) is 5.32 Å². The van der Waals surface area contributed by atoms with Crippen LogP contribution in [0.5, 0.6) is 11.5 Å². The standard InChI is InChI=1S/C24H22N2O3S/c1-2-26-20-10-6-7-11-22(20)29-21-13-12-18(14-19(21)24(26)28)25-23(27)16-30-15-17-8-4-3-5-9-17/h3-14H,2,15-16H2,1H3,(H,25,27). The van der Waals surface area contributed by atoms with E-state index < -0.39 is 0 Å². The van der Waals surface area contributed by atoms with Gasteiger partial charge in [-0.2, -0.15) is 0 Å². The quantitative estimate of drug-likeness (QED) is 0.588. The van der Waals surface area contributed by atoms with Crippen LogP contribution in [0.25, 0.3) is 0 Å². The van der Waals surface area contributed by atoms with Crippen LogP contribution in [0.3, 0.4) is 0 Å². The molecule has 5 nitrogen and oxygen atoms in total. The van der Waals surface area contributed by atoms with Crippen molar-refractivity contribution in [2.45, 2.75) is 12.7 Å². The fourth-order valence-corrected chi connectivity index (χ4v) is 4.14. The Hall–Kier alpha value is -3.25. The monoisotopic (exact) mass is 418 g/mol. The van der Waals surface area contributed by atoms with Crippen LogP contribution in [-0.2, 0) is 10.5 Å².